The van der Waals surface area contributed by atoms with Gasteiger partial charge >= 0.3 is 0 Å². The Kier molecular flexibility index (Phi) is 5.66. The van der Waals surface area contributed by atoms with E-state index in [9.17, 15) is 4.79 Å². The summed E-state index contributed by atoms with van der Waals surface area (Å²) in [4.78, 5) is 23.2. The Bertz CT molecular complexity index is 690. The van der Waals surface area contributed by atoms with Crippen LogP contribution in [0.25, 0.3) is 0 Å². The van der Waals surface area contributed by atoms with Gasteiger partial charge in [0.25, 0.3) is 0 Å². The zero-order valence-electron chi connectivity index (χ0n) is 13.6. The second-order valence-corrected chi connectivity index (χ2v) is 6.39. The first kappa shape index (κ1) is 16.7. The van der Waals surface area contributed by atoms with Crippen molar-refractivity contribution in [2.45, 2.75) is 12.1 Å². The van der Waals surface area contributed by atoms with Gasteiger partial charge in [-0.2, -0.15) is 0 Å². The minimum Gasteiger partial charge on any atom is -0.378 e. The van der Waals surface area contributed by atoms with Crippen LogP contribution < -0.4 is 10.2 Å². The molecule has 0 bridgehead atoms. The van der Waals surface area contributed by atoms with Gasteiger partial charge in [0, 0.05) is 30.5 Å². The number of thioether (sulfide) groups is 1. The van der Waals surface area contributed by atoms with Gasteiger partial charge in [-0.15, -0.1) is 0 Å². The molecular formula is C17H20N4O2S. The third kappa shape index (κ3) is 4.69. The third-order valence-electron chi connectivity index (χ3n) is 3.55. The van der Waals surface area contributed by atoms with Gasteiger partial charge in [0.1, 0.15) is 5.82 Å². The largest absolute Gasteiger partial charge is 0.378 e. The van der Waals surface area contributed by atoms with Crippen molar-refractivity contribution in [1.29, 1.82) is 0 Å². The molecule has 1 aromatic heterocycles. The number of nitrogens with zero attached hydrogens (tertiary/aromatic N) is 3. The highest BCUT2D eigenvalue weighted by Gasteiger charge is 2.15. The Morgan fingerprint density at radius 2 is 2.00 bits per heavy atom. The van der Waals surface area contributed by atoms with Crippen LogP contribution in [0.5, 0.6) is 0 Å². The predicted octanol–water partition coefficient (Wildman–Crippen LogP) is 2.35. The molecular weight excluding hydrogens is 324 g/mol. The smallest absolute Gasteiger partial charge is 0.234 e. The first-order valence-electron chi connectivity index (χ1n) is 7.87. The van der Waals surface area contributed by atoms with E-state index in [4.69, 9.17) is 4.74 Å². The zero-order chi connectivity index (χ0) is 16.8. The van der Waals surface area contributed by atoms with Gasteiger partial charge in [0.05, 0.1) is 19.0 Å². The second-order valence-electron chi connectivity index (χ2n) is 5.45. The molecule has 3 rings (SSSR count). The topological polar surface area (TPSA) is 67.3 Å². The van der Waals surface area contributed by atoms with Crippen molar-refractivity contribution in [3.05, 3.63) is 42.1 Å². The van der Waals surface area contributed by atoms with E-state index >= 15 is 0 Å². The molecule has 24 heavy (non-hydrogen) atoms. The maximum atomic E-state index is 12.0. The van der Waals surface area contributed by atoms with Gasteiger partial charge in [-0.25, -0.2) is 9.97 Å². The van der Waals surface area contributed by atoms with E-state index in [1.54, 1.807) is 0 Å². The van der Waals surface area contributed by atoms with E-state index in [1.165, 1.54) is 11.8 Å². The number of amides is 1. The van der Waals surface area contributed by atoms with Gasteiger partial charge in [-0.05, 0) is 19.1 Å². The highest BCUT2D eigenvalue weighted by atomic mass is 32.2. The molecule has 1 amide bonds. The molecule has 2 aromatic rings. The van der Waals surface area contributed by atoms with Gasteiger partial charge in [-0.1, -0.05) is 30.0 Å². The molecule has 1 saturated heterocycles. The molecule has 0 saturated carbocycles. The summed E-state index contributed by atoms with van der Waals surface area (Å²) < 4.78 is 5.37. The summed E-state index contributed by atoms with van der Waals surface area (Å²) >= 11 is 1.35. The number of nitrogens with one attached hydrogen (secondary N) is 1. The number of anilines is 2. The summed E-state index contributed by atoms with van der Waals surface area (Å²) in [5, 5.41) is 3.49. The van der Waals surface area contributed by atoms with Crippen LogP contribution in [0.1, 0.15) is 5.69 Å². The van der Waals surface area contributed by atoms with E-state index in [-0.39, 0.29) is 11.7 Å². The molecule has 1 aromatic carbocycles. The van der Waals surface area contributed by atoms with Crippen LogP contribution in [-0.4, -0.2) is 47.9 Å². The molecule has 0 aliphatic carbocycles. The lowest BCUT2D eigenvalue weighted by Gasteiger charge is -2.28. The Balaban J connectivity index is 1.60. The van der Waals surface area contributed by atoms with E-state index in [0.717, 1.165) is 30.3 Å². The van der Waals surface area contributed by atoms with Crippen molar-refractivity contribution in [2.24, 2.45) is 0 Å². The highest BCUT2D eigenvalue weighted by molar-refractivity contribution is 7.99. The van der Waals surface area contributed by atoms with Gasteiger partial charge in [0.15, 0.2) is 5.16 Å². The maximum absolute atomic E-state index is 12.0. The van der Waals surface area contributed by atoms with Gasteiger partial charge < -0.3 is 15.0 Å². The molecule has 1 aliphatic heterocycles. The van der Waals surface area contributed by atoms with Gasteiger partial charge in [-0.3, -0.25) is 4.79 Å². The lowest BCUT2D eigenvalue weighted by molar-refractivity contribution is -0.113. The molecule has 1 fully saturated rings. The summed E-state index contributed by atoms with van der Waals surface area (Å²) in [6.45, 7) is 5.03. The van der Waals surface area contributed by atoms with E-state index in [0.29, 0.717) is 18.4 Å². The fourth-order valence-electron chi connectivity index (χ4n) is 2.39. The number of hydrogen-bond donors (Lipinski definition) is 1. The van der Waals surface area contributed by atoms with Crippen LogP contribution in [0, 0.1) is 6.92 Å². The lowest BCUT2D eigenvalue weighted by Crippen LogP contribution is -2.36. The summed E-state index contributed by atoms with van der Waals surface area (Å²) in [5.74, 6) is 1.11. The number of aromatic nitrogens is 2. The Hall–Kier alpha value is -2.12. The number of aryl methyl sites for hydroxylation is 1. The summed E-state index contributed by atoms with van der Waals surface area (Å²) in [7, 11) is 0. The average Bonchev–Trinajstić information content (AvgIpc) is 2.61. The van der Waals surface area contributed by atoms with Crippen LogP contribution in [0.3, 0.4) is 0 Å². The Labute approximate surface area is 145 Å². The number of benzene rings is 1. The summed E-state index contributed by atoms with van der Waals surface area (Å²) in [6, 6.07) is 11.4. The second kappa shape index (κ2) is 8.12. The number of ether oxygens (including phenoxy) is 1. The fourth-order valence-corrected chi connectivity index (χ4v) is 3.09. The Morgan fingerprint density at radius 3 is 2.75 bits per heavy atom. The van der Waals surface area contributed by atoms with Crippen LogP contribution in [-0.2, 0) is 9.53 Å². The van der Waals surface area contributed by atoms with Crippen molar-refractivity contribution < 1.29 is 9.53 Å². The van der Waals surface area contributed by atoms with Crippen LogP contribution in [0.2, 0.25) is 0 Å². The van der Waals surface area contributed by atoms with Crippen LogP contribution in [0.4, 0.5) is 11.5 Å². The normalized spacial score (nSPS) is 14.5. The Morgan fingerprint density at radius 1 is 1.25 bits per heavy atom. The van der Waals surface area contributed by atoms with E-state index in [1.807, 2.05) is 43.3 Å². The van der Waals surface area contributed by atoms with Crippen molar-refractivity contribution >= 4 is 29.2 Å². The standard InChI is InChI=1S/C17H20N4O2S/c1-13-11-15(21-7-9-23-10-8-21)20-17(18-13)24-12-16(22)19-14-5-3-2-4-6-14/h2-6,11H,7-10,12H2,1H3,(H,19,22). The molecule has 0 atom stereocenters. The average molecular weight is 344 g/mol. The number of carbonyl (C=O) groups excluding carboxylic acids is 1. The van der Waals surface area contributed by atoms with Gasteiger partial charge in [0.2, 0.25) is 5.91 Å². The fraction of sp³-hybridized carbons (Fsp3) is 0.353. The molecule has 0 unspecified atom stereocenters. The number of para-hydroxylation sites is 1. The molecule has 2 heterocycles. The van der Waals surface area contributed by atoms with Crippen molar-refractivity contribution in [2.75, 3.05) is 42.3 Å². The van der Waals surface area contributed by atoms with E-state index < -0.39 is 0 Å². The van der Waals surface area contributed by atoms with Crippen LogP contribution >= 0.6 is 11.8 Å². The van der Waals surface area contributed by atoms with E-state index in [2.05, 4.69) is 20.2 Å². The predicted molar refractivity (Wildman–Crippen MR) is 95.6 cm³/mol. The summed E-state index contributed by atoms with van der Waals surface area (Å²) in [5.41, 5.74) is 1.69. The molecule has 126 valence electrons. The number of rotatable bonds is 5. The van der Waals surface area contributed by atoms with Crippen LogP contribution in [0.15, 0.2) is 41.6 Å². The number of hydrogen-bond acceptors (Lipinski definition) is 6. The SMILES string of the molecule is Cc1cc(N2CCOCC2)nc(SCC(=O)Nc2ccccc2)n1. The highest BCUT2D eigenvalue weighted by Crippen LogP contribution is 2.20. The number of morpholine rings is 1. The quantitative estimate of drug-likeness (QED) is 0.663. The maximum Gasteiger partial charge on any atom is 0.234 e. The van der Waals surface area contributed by atoms with Crippen molar-refractivity contribution in [1.82, 2.24) is 9.97 Å². The first-order chi connectivity index (χ1) is 11.7. The minimum atomic E-state index is -0.0655. The molecule has 7 heteroatoms. The summed E-state index contributed by atoms with van der Waals surface area (Å²) in [6.07, 6.45) is 0. The number of carbonyl (C=O) groups is 1. The zero-order valence-corrected chi connectivity index (χ0v) is 14.4. The third-order valence-corrected chi connectivity index (χ3v) is 4.39. The monoisotopic (exact) mass is 344 g/mol. The molecule has 1 aliphatic rings. The first-order valence-corrected chi connectivity index (χ1v) is 8.85. The molecule has 0 radical (unpaired) electrons. The molecule has 0 spiro atoms. The molecule has 1 N–H and O–H groups in total. The minimum absolute atomic E-state index is 0.0655. The molecule has 6 nitrogen and oxygen atoms in total. The van der Waals surface area contributed by atoms with Crippen molar-refractivity contribution in [3.63, 3.8) is 0 Å². The lowest BCUT2D eigenvalue weighted by atomic mass is 10.3. The van der Waals surface area contributed by atoms with Crippen molar-refractivity contribution in [3.8, 4) is 0 Å².